The van der Waals surface area contributed by atoms with Crippen molar-refractivity contribution in [3.8, 4) is 0 Å². The van der Waals surface area contributed by atoms with E-state index >= 15 is 0 Å². The summed E-state index contributed by atoms with van der Waals surface area (Å²) in [5, 5.41) is 9.61. The number of rotatable bonds is 4. The van der Waals surface area contributed by atoms with Crippen LogP contribution in [0.1, 0.15) is 20.8 Å². The molecule has 0 aliphatic heterocycles. The van der Waals surface area contributed by atoms with Crippen molar-refractivity contribution >= 4 is 11.9 Å². The lowest BCUT2D eigenvalue weighted by Crippen LogP contribution is -2.43. The summed E-state index contributed by atoms with van der Waals surface area (Å²) in [5.41, 5.74) is -1.60. The Labute approximate surface area is 82.3 Å². The Balaban J connectivity index is 4.61. The SMILES string of the molecule is C=CC(C)(O)C(OC(C)=O)OC(C)=O. The zero-order valence-corrected chi connectivity index (χ0v) is 8.44. The second-order valence-electron chi connectivity index (χ2n) is 2.98. The van der Waals surface area contributed by atoms with Crippen molar-refractivity contribution in [1.82, 2.24) is 0 Å². The van der Waals surface area contributed by atoms with Crippen LogP contribution in [-0.4, -0.2) is 28.9 Å². The maximum Gasteiger partial charge on any atom is 0.305 e. The van der Waals surface area contributed by atoms with Gasteiger partial charge in [0.05, 0.1) is 0 Å². The fourth-order valence-corrected chi connectivity index (χ4v) is 0.660. The van der Waals surface area contributed by atoms with Crippen LogP contribution in [0, 0.1) is 0 Å². The second kappa shape index (κ2) is 4.76. The molecule has 0 rings (SSSR count). The summed E-state index contributed by atoms with van der Waals surface area (Å²) < 4.78 is 9.23. The van der Waals surface area contributed by atoms with Gasteiger partial charge in [-0.1, -0.05) is 12.7 Å². The summed E-state index contributed by atoms with van der Waals surface area (Å²) in [5.74, 6) is -1.31. The molecule has 14 heavy (non-hydrogen) atoms. The summed E-state index contributed by atoms with van der Waals surface area (Å²) in [6.45, 7) is 6.95. The summed E-state index contributed by atoms with van der Waals surface area (Å²) in [6.07, 6.45) is -0.237. The Morgan fingerprint density at radius 3 is 1.93 bits per heavy atom. The fraction of sp³-hybridized carbons (Fsp3) is 0.556. The summed E-state index contributed by atoms with van der Waals surface area (Å²) >= 11 is 0. The molecule has 0 saturated carbocycles. The first-order valence-corrected chi connectivity index (χ1v) is 4.00. The van der Waals surface area contributed by atoms with Crippen molar-refractivity contribution in [3.63, 3.8) is 0 Å². The van der Waals surface area contributed by atoms with Gasteiger partial charge >= 0.3 is 11.9 Å². The van der Waals surface area contributed by atoms with Gasteiger partial charge < -0.3 is 14.6 Å². The lowest BCUT2D eigenvalue weighted by molar-refractivity contribution is -0.215. The lowest BCUT2D eigenvalue weighted by Gasteiger charge is -2.27. The molecule has 1 unspecified atom stereocenters. The van der Waals surface area contributed by atoms with Gasteiger partial charge in [0.25, 0.3) is 6.29 Å². The van der Waals surface area contributed by atoms with Gasteiger partial charge in [0, 0.05) is 13.8 Å². The van der Waals surface area contributed by atoms with Gasteiger partial charge in [0.15, 0.2) is 5.60 Å². The Bertz CT molecular complexity index is 228. The van der Waals surface area contributed by atoms with Gasteiger partial charge in [0.2, 0.25) is 0 Å². The average Bonchev–Trinajstić information content (AvgIpc) is 2.01. The van der Waals surface area contributed by atoms with Gasteiger partial charge in [-0.3, -0.25) is 9.59 Å². The minimum absolute atomic E-state index is 0.654. The van der Waals surface area contributed by atoms with Gasteiger partial charge in [-0.2, -0.15) is 0 Å². The van der Waals surface area contributed by atoms with Crippen molar-refractivity contribution in [2.24, 2.45) is 0 Å². The van der Waals surface area contributed by atoms with Crippen LogP contribution in [0.4, 0.5) is 0 Å². The molecule has 0 saturated heterocycles. The van der Waals surface area contributed by atoms with E-state index < -0.39 is 23.8 Å². The molecule has 0 amide bonds. The molecule has 0 aliphatic carbocycles. The molecule has 0 aromatic heterocycles. The summed E-state index contributed by atoms with van der Waals surface area (Å²) in [7, 11) is 0. The predicted octanol–water partition coefficient (Wildman–Crippen LogP) is 0.376. The van der Waals surface area contributed by atoms with Crippen LogP contribution in [0.2, 0.25) is 0 Å². The molecule has 5 heteroatoms. The molecule has 0 heterocycles. The van der Waals surface area contributed by atoms with E-state index in [0.29, 0.717) is 0 Å². The standard InChI is InChI=1S/C9H14O5/c1-5-9(4,12)8(13-6(2)10)14-7(3)11/h5,8,12H,1H2,2-4H3. The van der Waals surface area contributed by atoms with Gasteiger partial charge in [-0.25, -0.2) is 0 Å². The molecule has 0 radical (unpaired) electrons. The first kappa shape index (κ1) is 12.6. The Morgan fingerprint density at radius 2 is 1.71 bits per heavy atom. The monoisotopic (exact) mass is 202 g/mol. The molecule has 80 valence electrons. The van der Waals surface area contributed by atoms with Gasteiger partial charge in [-0.05, 0) is 6.92 Å². The first-order chi connectivity index (χ1) is 6.29. The summed E-state index contributed by atoms with van der Waals surface area (Å²) in [4.78, 5) is 21.3. The normalized spacial score (nSPS) is 14.4. The number of esters is 2. The molecule has 0 bridgehead atoms. The number of ether oxygens (including phenoxy) is 2. The quantitative estimate of drug-likeness (QED) is 0.405. The van der Waals surface area contributed by atoms with E-state index in [4.69, 9.17) is 0 Å². The maximum atomic E-state index is 10.6. The third-order valence-corrected chi connectivity index (χ3v) is 1.44. The van der Waals surface area contributed by atoms with Crippen LogP contribution in [-0.2, 0) is 19.1 Å². The fourth-order valence-electron chi connectivity index (χ4n) is 0.660. The molecule has 1 atom stereocenters. The topological polar surface area (TPSA) is 72.8 Å². The Hall–Kier alpha value is -1.36. The largest absolute Gasteiger partial charge is 0.422 e. The van der Waals surface area contributed by atoms with Crippen molar-refractivity contribution in [2.45, 2.75) is 32.7 Å². The van der Waals surface area contributed by atoms with Crippen molar-refractivity contribution < 1.29 is 24.2 Å². The van der Waals surface area contributed by atoms with E-state index in [1.165, 1.54) is 6.92 Å². The minimum atomic E-state index is -1.60. The molecule has 0 aromatic rings. The molecule has 0 aliphatic rings. The van der Waals surface area contributed by atoms with Crippen LogP contribution in [0.15, 0.2) is 12.7 Å². The molecular formula is C9H14O5. The average molecular weight is 202 g/mol. The number of carbonyl (C=O) groups is 2. The third-order valence-electron chi connectivity index (χ3n) is 1.44. The van der Waals surface area contributed by atoms with Crippen LogP contribution in [0.5, 0.6) is 0 Å². The molecular weight excluding hydrogens is 188 g/mol. The third kappa shape index (κ3) is 4.04. The molecule has 0 aromatic carbocycles. The van der Waals surface area contributed by atoms with Gasteiger partial charge in [-0.15, -0.1) is 0 Å². The van der Waals surface area contributed by atoms with Crippen molar-refractivity contribution in [2.75, 3.05) is 0 Å². The second-order valence-corrected chi connectivity index (χ2v) is 2.98. The first-order valence-electron chi connectivity index (χ1n) is 4.00. The highest BCUT2D eigenvalue weighted by molar-refractivity contribution is 5.68. The minimum Gasteiger partial charge on any atom is -0.422 e. The number of carbonyl (C=O) groups excluding carboxylic acids is 2. The maximum absolute atomic E-state index is 10.6. The molecule has 0 fully saturated rings. The Kier molecular flexibility index (Phi) is 4.30. The molecule has 5 nitrogen and oxygen atoms in total. The van der Waals surface area contributed by atoms with Crippen molar-refractivity contribution in [3.05, 3.63) is 12.7 Å². The van der Waals surface area contributed by atoms with Crippen molar-refractivity contribution in [1.29, 1.82) is 0 Å². The smallest absolute Gasteiger partial charge is 0.305 e. The van der Waals surface area contributed by atoms with E-state index in [-0.39, 0.29) is 0 Å². The number of hydrogen-bond donors (Lipinski definition) is 1. The highest BCUT2D eigenvalue weighted by atomic mass is 16.7. The lowest BCUT2D eigenvalue weighted by atomic mass is 10.1. The highest BCUT2D eigenvalue weighted by Gasteiger charge is 2.34. The predicted molar refractivity (Wildman–Crippen MR) is 48.1 cm³/mol. The zero-order valence-electron chi connectivity index (χ0n) is 8.44. The highest BCUT2D eigenvalue weighted by Crippen LogP contribution is 2.16. The van der Waals surface area contributed by atoms with Crippen LogP contribution >= 0.6 is 0 Å². The van der Waals surface area contributed by atoms with E-state index in [1.807, 2.05) is 0 Å². The number of hydrogen-bond acceptors (Lipinski definition) is 5. The van der Waals surface area contributed by atoms with Crippen LogP contribution in [0.3, 0.4) is 0 Å². The molecule has 0 spiro atoms. The number of aliphatic hydroxyl groups is 1. The van der Waals surface area contributed by atoms with Crippen LogP contribution < -0.4 is 0 Å². The van der Waals surface area contributed by atoms with E-state index in [9.17, 15) is 14.7 Å². The zero-order chi connectivity index (χ0) is 11.4. The van der Waals surface area contributed by atoms with Gasteiger partial charge in [0.1, 0.15) is 0 Å². The van der Waals surface area contributed by atoms with E-state index in [0.717, 1.165) is 19.9 Å². The molecule has 1 N–H and O–H groups in total. The van der Waals surface area contributed by atoms with E-state index in [1.54, 1.807) is 0 Å². The van der Waals surface area contributed by atoms with E-state index in [2.05, 4.69) is 16.1 Å². The van der Waals surface area contributed by atoms with Crippen LogP contribution in [0.25, 0.3) is 0 Å². The Morgan fingerprint density at radius 1 is 1.36 bits per heavy atom. The summed E-state index contributed by atoms with van der Waals surface area (Å²) in [6, 6.07) is 0.